The molecule has 34 heavy (non-hydrogen) atoms. The van der Waals surface area contributed by atoms with Crippen LogP contribution in [0.4, 0.5) is 0 Å². The van der Waals surface area contributed by atoms with Gasteiger partial charge in [-0.15, -0.1) is 0 Å². The molecule has 3 unspecified atom stereocenters. The number of hydrogen-bond donors (Lipinski definition) is 1. The number of hydrogen-bond acceptors (Lipinski definition) is 5. The van der Waals surface area contributed by atoms with Crippen LogP contribution in [0, 0.1) is 23.2 Å². The predicted octanol–water partition coefficient (Wildman–Crippen LogP) is 5.53. The van der Waals surface area contributed by atoms with Crippen molar-refractivity contribution in [1.29, 1.82) is 0 Å². The van der Waals surface area contributed by atoms with E-state index in [4.69, 9.17) is 14.6 Å². The summed E-state index contributed by atoms with van der Waals surface area (Å²) in [6, 6.07) is 4.63. The number of carbonyl (C=O) groups is 2. The monoisotopic (exact) mass is 473 g/mol. The minimum atomic E-state index is -0.842. The van der Waals surface area contributed by atoms with E-state index in [0.717, 1.165) is 43.9 Å². The van der Waals surface area contributed by atoms with Gasteiger partial charge in [-0.3, -0.25) is 14.5 Å². The molecular weight excluding hydrogens is 430 g/mol. The van der Waals surface area contributed by atoms with Crippen molar-refractivity contribution in [2.45, 2.75) is 78.7 Å². The predicted molar refractivity (Wildman–Crippen MR) is 134 cm³/mol. The lowest BCUT2D eigenvalue weighted by molar-refractivity contribution is -0.139. The Balaban J connectivity index is 1.76. The molecule has 6 heteroatoms. The van der Waals surface area contributed by atoms with Crippen molar-refractivity contribution in [1.82, 2.24) is 4.90 Å². The summed E-state index contributed by atoms with van der Waals surface area (Å²) in [5.41, 5.74) is 2.18. The van der Waals surface area contributed by atoms with Gasteiger partial charge in [0.2, 0.25) is 0 Å². The number of rotatable bonds is 11. The van der Waals surface area contributed by atoms with Gasteiger partial charge in [-0.2, -0.15) is 0 Å². The standard InChI is InChI=1S/C28H43NO5/c1-18(2)11-21-17-29-10-9-20-13-25(33-5)26(34-6)14-23(20)24(29)12-19(21)7-8-22(30)15-28(3,4)16-27(31)32/h13-14,18-19,21,24H,7-12,15-17H2,1-6H3,(H,31,32). The Kier molecular flexibility index (Phi) is 8.66. The number of carbonyl (C=O) groups excluding carboxylic acids is 1. The molecule has 6 nitrogen and oxygen atoms in total. The molecule has 2 aliphatic rings. The van der Waals surface area contributed by atoms with Crippen molar-refractivity contribution in [3.8, 4) is 11.5 Å². The van der Waals surface area contributed by atoms with Gasteiger partial charge in [0, 0.05) is 32.0 Å². The van der Waals surface area contributed by atoms with E-state index in [1.54, 1.807) is 14.2 Å². The first-order valence-corrected chi connectivity index (χ1v) is 12.7. The zero-order valence-corrected chi connectivity index (χ0v) is 21.9. The van der Waals surface area contributed by atoms with Gasteiger partial charge in [-0.25, -0.2) is 0 Å². The van der Waals surface area contributed by atoms with Crippen LogP contribution in [0.3, 0.4) is 0 Å². The molecule has 0 amide bonds. The molecule has 1 N–H and O–H groups in total. The number of carboxylic acid groups (broad SMARTS) is 1. The van der Waals surface area contributed by atoms with E-state index in [9.17, 15) is 9.59 Å². The molecule has 1 aromatic carbocycles. The Labute approximate surface area is 205 Å². The Morgan fingerprint density at radius 1 is 1.12 bits per heavy atom. The van der Waals surface area contributed by atoms with Gasteiger partial charge >= 0.3 is 5.97 Å². The second-order valence-corrected chi connectivity index (χ2v) is 11.5. The summed E-state index contributed by atoms with van der Waals surface area (Å²) in [4.78, 5) is 26.6. The number of piperidine rings is 1. The summed E-state index contributed by atoms with van der Waals surface area (Å²) in [7, 11) is 3.37. The van der Waals surface area contributed by atoms with Crippen molar-refractivity contribution < 1.29 is 24.2 Å². The molecule has 2 heterocycles. The minimum Gasteiger partial charge on any atom is -0.493 e. The van der Waals surface area contributed by atoms with Crippen molar-refractivity contribution in [2.75, 3.05) is 27.3 Å². The third-order valence-corrected chi connectivity index (χ3v) is 7.65. The van der Waals surface area contributed by atoms with E-state index < -0.39 is 11.4 Å². The molecule has 190 valence electrons. The van der Waals surface area contributed by atoms with Crippen molar-refractivity contribution in [2.24, 2.45) is 23.2 Å². The molecule has 0 saturated carbocycles. The largest absolute Gasteiger partial charge is 0.493 e. The normalized spacial score (nSPS) is 22.7. The fourth-order valence-electron chi connectivity index (χ4n) is 6.17. The summed E-state index contributed by atoms with van der Waals surface area (Å²) in [6.07, 6.45) is 5.01. The van der Waals surface area contributed by atoms with Crippen LogP contribution < -0.4 is 9.47 Å². The third kappa shape index (κ3) is 6.53. The lowest BCUT2D eigenvalue weighted by atomic mass is 9.72. The van der Waals surface area contributed by atoms with Crippen LogP contribution in [0.1, 0.15) is 83.4 Å². The maximum Gasteiger partial charge on any atom is 0.303 e. The molecule has 0 spiro atoms. The molecular formula is C28H43NO5. The number of methoxy groups -OCH3 is 2. The summed E-state index contributed by atoms with van der Waals surface area (Å²) in [5, 5.41) is 9.14. The van der Waals surface area contributed by atoms with Gasteiger partial charge in [0.05, 0.1) is 20.6 Å². The number of Topliss-reactive ketones (excluding diaryl/α,β-unsaturated/α-hetero) is 1. The Morgan fingerprint density at radius 2 is 1.79 bits per heavy atom. The number of aliphatic carboxylic acids is 1. The quantitative estimate of drug-likeness (QED) is 0.456. The fraction of sp³-hybridized carbons (Fsp3) is 0.714. The van der Waals surface area contributed by atoms with E-state index in [1.807, 2.05) is 13.8 Å². The first kappa shape index (κ1) is 26.5. The van der Waals surface area contributed by atoms with Crippen LogP contribution in [0.25, 0.3) is 0 Å². The summed E-state index contributed by atoms with van der Waals surface area (Å²) >= 11 is 0. The maximum atomic E-state index is 12.8. The van der Waals surface area contributed by atoms with Crippen LogP contribution in [-0.2, 0) is 16.0 Å². The number of benzene rings is 1. The van der Waals surface area contributed by atoms with E-state index in [1.165, 1.54) is 17.5 Å². The fourth-order valence-corrected chi connectivity index (χ4v) is 6.17. The second-order valence-electron chi connectivity index (χ2n) is 11.5. The molecule has 3 atom stereocenters. The minimum absolute atomic E-state index is 0.0251. The average Bonchev–Trinajstić information content (AvgIpc) is 2.74. The van der Waals surface area contributed by atoms with Crippen LogP contribution in [0.5, 0.6) is 11.5 Å². The number of fused-ring (bicyclic) bond motifs is 3. The number of nitrogens with zero attached hydrogens (tertiary/aromatic N) is 1. The Bertz CT molecular complexity index is 878. The van der Waals surface area contributed by atoms with Gasteiger partial charge in [0.15, 0.2) is 11.5 Å². The highest BCUT2D eigenvalue weighted by Gasteiger charge is 2.39. The molecule has 2 aliphatic heterocycles. The SMILES string of the molecule is COc1cc2c(cc1OC)C1CC(CCC(=O)CC(C)(C)CC(=O)O)C(CC(C)C)CN1CC2. The smallest absolute Gasteiger partial charge is 0.303 e. The molecule has 1 saturated heterocycles. The molecule has 0 aromatic heterocycles. The van der Waals surface area contributed by atoms with Crippen molar-refractivity contribution >= 4 is 11.8 Å². The summed E-state index contributed by atoms with van der Waals surface area (Å²) in [5.74, 6) is 2.59. The molecule has 3 rings (SSSR count). The van der Waals surface area contributed by atoms with E-state index in [0.29, 0.717) is 36.6 Å². The van der Waals surface area contributed by atoms with Gasteiger partial charge in [-0.1, -0.05) is 27.7 Å². The number of ketones is 1. The Hall–Kier alpha value is -2.08. The number of carboxylic acids is 1. The topological polar surface area (TPSA) is 76.1 Å². The molecule has 0 radical (unpaired) electrons. The lowest BCUT2D eigenvalue weighted by Crippen LogP contribution is -2.46. The highest BCUT2D eigenvalue weighted by Crippen LogP contribution is 2.46. The highest BCUT2D eigenvalue weighted by molar-refractivity contribution is 5.80. The first-order valence-electron chi connectivity index (χ1n) is 12.7. The average molecular weight is 474 g/mol. The molecule has 0 aliphatic carbocycles. The van der Waals surface area contributed by atoms with Crippen LogP contribution >= 0.6 is 0 Å². The van der Waals surface area contributed by atoms with Gasteiger partial charge in [0.1, 0.15) is 5.78 Å². The zero-order valence-electron chi connectivity index (χ0n) is 21.9. The number of ether oxygens (including phenoxy) is 2. The summed E-state index contributed by atoms with van der Waals surface area (Å²) < 4.78 is 11.1. The highest BCUT2D eigenvalue weighted by atomic mass is 16.5. The maximum absolute atomic E-state index is 12.8. The summed E-state index contributed by atoms with van der Waals surface area (Å²) in [6.45, 7) is 10.4. The van der Waals surface area contributed by atoms with Gasteiger partial charge < -0.3 is 14.6 Å². The van der Waals surface area contributed by atoms with Gasteiger partial charge in [0.25, 0.3) is 0 Å². The van der Waals surface area contributed by atoms with E-state index >= 15 is 0 Å². The van der Waals surface area contributed by atoms with E-state index in [2.05, 4.69) is 30.9 Å². The third-order valence-electron chi connectivity index (χ3n) is 7.65. The molecule has 1 fully saturated rings. The van der Waals surface area contributed by atoms with Gasteiger partial charge in [-0.05, 0) is 72.1 Å². The lowest BCUT2D eigenvalue weighted by Gasteiger charge is -2.48. The van der Waals surface area contributed by atoms with Crippen LogP contribution in [0.2, 0.25) is 0 Å². The van der Waals surface area contributed by atoms with Crippen LogP contribution in [0.15, 0.2) is 12.1 Å². The second kappa shape index (κ2) is 11.1. The molecule has 0 bridgehead atoms. The zero-order chi connectivity index (χ0) is 25.0. The molecule has 1 aromatic rings. The van der Waals surface area contributed by atoms with E-state index in [-0.39, 0.29) is 12.2 Å². The van der Waals surface area contributed by atoms with Crippen LogP contribution in [-0.4, -0.2) is 49.1 Å². The van der Waals surface area contributed by atoms with Crippen molar-refractivity contribution in [3.05, 3.63) is 23.3 Å². The Morgan fingerprint density at radius 3 is 2.41 bits per heavy atom. The van der Waals surface area contributed by atoms with Crippen molar-refractivity contribution in [3.63, 3.8) is 0 Å². The first-order chi connectivity index (χ1) is 16.0.